The summed E-state index contributed by atoms with van der Waals surface area (Å²) in [5.74, 6) is -1.24. The minimum atomic E-state index is -0.992. The monoisotopic (exact) mass is 417 g/mol. The van der Waals surface area contributed by atoms with Gasteiger partial charge < -0.3 is 9.32 Å². The summed E-state index contributed by atoms with van der Waals surface area (Å²) in [4.78, 5) is 51.6. The second-order valence-electron chi connectivity index (χ2n) is 6.97. The number of rotatable bonds is 6. The smallest absolute Gasteiger partial charge is 0.334 e. The Morgan fingerprint density at radius 1 is 1.07 bits per heavy atom. The van der Waals surface area contributed by atoms with E-state index >= 15 is 0 Å². The van der Waals surface area contributed by atoms with Crippen molar-refractivity contribution in [3.8, 4) is 11.3 Å². The van der Waals surface area contributed by atoms with E-state index < -0.39 is 36.3 Å². The Morgan fingerprint density at radius 2 is 1.72 bits per heavy atom. The second-order valence-corrected chi connectivity index (χ2v) is 7.40. The Labute approximate surface area is 172 Å². The van der Waals surface area contributed by atoms with Gasteiger partial charge in [-0.3, -0.25) is 19.3 Å². The summed E-state index contributed by atoms with van der Waals surface area (Å²) >= 11 is 5.88. The molecule has 0 N–H and O–H groups in total. The molecule has 0 unspecified atom stereocenters. The third-order valence-electron chi connectivity index (χ3n) is 4.50. The fourth-order valence-electron chi connectivity index (χ4n) is 2.93. The first kappa shape index (κ1) is 20.6. The molecule has 5 amide bonds. The van der Waals surface area contributed by atoms with Crippen LogP contribution in [-0.2, 0) is 20.9 Å². The quantitative estimate of drug-likeness (QED) is 0.532. The van der Waals surface area contributed by atoms with Gasteiger partial charge in [-0.25, -0.2) is 9.69 Å². The molecule has 29 heavy (non-hydrogen) atoms. The molecule has 0 radical (unpaired) electrons. The van der Waals surface area contributed by atoms with Crippen molar-refractivity contribution in [2.45, 2.75) is 26.4 Å². The maximum Gasteiger partial charge on any atom is 0.334 e. The largest absolute Gasteiger partial charge is 0.459 e. The number of hydrogen-bond acceptors (Lipinski definition) is 5. The summed E-state index contributed by atoms with van der Waals surface area (Å²) < 4.78 is 5.76. The normalized spacial score (nSPS) is 14.3. The van der Waals surface area contributed by atoms with Gasteiger partial charge in [0, 0.05) is 23.7 Å². The van der Waals surface area contributed by atoms with Crippen molar-refractivity contribution < 1.29 is 23.6 Å². The van der Waals surface area contributed by atoms with E-state index in [9.17, 15) is 19.2 Å². The molecule has 3 rings (SSSR count). The van der Waals surface area contributed by atoms with Crippen LogP contribution < -0.4 is 0 Å². The van der Waals surface area contributed by atoms with Gasteiger partial charge in [-0.05, 0) is 50.2 Å². The number of nitrogens with zero attached hydrogens (tertiary/aromatic N) is 3. The molecule has 1 aromatic carbocycles. The molecule has 2 aromatic rings. The van der Waals surface area contributed by atoms with Crippen LogP contribution in [0, 0.1) is 0 Å². The highest BCUT2D eigenvalue weighted by Crippen LogP contribution is 2.24. The maximum atomic E-state index is 12.5. The number of imide groups is 2. The van der Waals surface area contributed by atoms with Gasteiger partial charge in [0.1, 0.15) is 18.1 Å². The fraction of sp³-hybridized carbons (Fsp3) is 0.300. The SMILES string of the molecule is CC(C)N1C(=O)C(=O)N(CC(=O)N(C)Cc2ccc(-c3ccc(Cl)cc3)o2)C1=O. The molecule has 0 bridgehead atoms. The summed E-state index contributed by atoms with van der Waals surface area (Å²) in [6.45, 7) is 2.88. The van der Waals surface area contributed by atoms with Crippen LogP contribution in [0.3, 0.4) is 0 Å². The van der Waals surface area contributed by atoms with Crippen LogP contribution in [0.4, 0.5) is 4.79 Å². The van der Waals surface area contributed by atoms with Gasteiger partial charge in [-0.2, -0.15) is 0 Å². The Morgan fingerprint density at radius 3 is 2.31 bits per heavy atom. The van der Waals surface area contributed by atoms with Crippen molar-refractivity contribution in [1.29, 1.82) is 0 Å². The van der Waals surface area contributed by atoms with Crippen LogP contribution in [0.2, 0.25) is 5.02 Å². The molecule has 1 aliphatic rings. The number of carbonyl (C=O) groups is 4. The molecular formula is C20H20ClN3O5. The second kappa shape index (κ2) is 8.08. The van der Waals surface area contributed by atoms with E-state index in [1.807, 2.05) is 12.1 Å². The van der Waals surface area contributed by atoms with Crippen molar-refractivity contribution in [2.24, 2.45) is 0 Å². The first-order chi connectivity index (χ1) is 13.7. The molecule has 8 nitrogen and oxygen atoms in total. The zero-order chi connectivity index (χ0) is 21.3. The lowest BCUT2D eigenvalue weighted by Crippen LogP contribution is -2.42. The van der Waals surface area contributed by atoms with Gasteiger partial charge in [0.05, 0.1) is 6.54 Å². The summed E-state index contributed by atoms with van der Waals surface area (Å²) in [6.07, 6.45) is 0. The summed E-state index contributed by atoms with van der Waals surface area (Å²) in [6, 6.07) is 9.42. The van der Waals surface area contributed by atoms with E-state index in [-0.39, 0.29) is 6.54 Å². The molecule has 0 aliphatic carbocycles. The van der Waals surface area contributed by atoms with Gasteiger partial charge in [-0.1, -0.05) is 11.6 Å². The molecule has 0 spiro atoms. The van der Waals surface area contributed by atoms with Gasteiger partial charge >= 0.3 is 17.8 Å². The van der Waals surface area contributed by atoms with Crippen molar-refractivity contribution in [3.05, 3.63) is 47.2 Å². The van der Waals surface area contributed by atoms with Gasteiger partial charge in [0.15, 0.2) is 0 Å². The van der Waals surface area contributed by atoms with Crippen LogP contribution in [0.15, 0.2) is 40.8 Å². The molecule has 1 aromatic heterocycles. The van der Waals surface area contributed by atoms with E-state index in [0.717, 1.165) is 10.5 Å². The van der Waals surface area contributed by atoms with E-state index in [1.165, 1.54) is 11.9 Å². The van der Waals surface area contributed by atoms with Crippen LogP contribution in [0.5, 0.6) is 0 Å². The topological polar surface area (TPSA) is 91.1 Å². The van der Waals surface area contributed by atoms with Crippen molar-refractivity contribution in [2.75, 3.05) is 13.6 Å². The number of likely N-dealkylation sites (N-methyl/N-ethyl adjacent to an activating group) is 1. The average molecular weight is 418 g/mol. The Bertz CT molecular complexity index is 967. The third-order valence-corrected chi connectivity index (χ3v) is 4.75. The lowest BCUT2D eigenvalue weighted by Gasteiger charge is -2.21. The number of benzene rings is 1. The highest BCUT2D eigenvalue weighted by Gasteiger charge is 2.46. The lowest BCUT2D eigenvalue weighted by molar-refractivity contribution is -0.145. The van der Waals surface area contributed by atoms with Gasteiger partial charge in [0.2, 0.25) is 5.91 Å². The number of amides is 5. The first-order valence-electron chi connectivity index (χ1n) is 8.96. The predicted octanol–water partition coefficient (Wildman–Crippen LogP) is 2.76. The molecular weight excluding hydrogens is 398 g/mol. The summed E-state index contributed by atoms with van der Waals surface area (Å²) in [5, 5.41) is 0.617. The fourth-order valence-corrected chi connectivity index (χ4v) is 3.05. The summed E-state index contributed by atoms with van der Waals surface area (Å²) in [7, 11) is 1.53. The average Bonchev–Trinajstić information content (AvgIpc) is 3.21. The van der Waals surface area contributed by atoms with Crippen LogP contribution in [-0.4, -0.2) is 58.1 Å². The van der Waals surface area contributed by atoms with E-state index in [2.05, 4.69) is 0 Å². The lowest BCUT2D eigenvalue weighted by atomic mass is 10.2. The third kappa shape index (κ3) is 4.17. The standard InChI is InChI=1S/C20H20ClN3O5/c1-12(2)24-19(27)18(26)23(20(24)28)11-17(25)22(3)10-15-8-9-16(29-15)13-4-6-14(21)7-5-13/h4-9,12H,10-11H2,1-3H3. The molecule has 1 fully saturated rings. The number of halogens is 1. The molecule has 2 heterocycles. The first-order valence-corrected chi connectivity index (χ1v) is 9.34. The Balaban J connectivity index is 1.64. The number of furan rings is 1. The highest BCUT2D eigenvalue weighted by atomic mass is 35.5. The predicted molar refractivity (Wildman–Crippen MR) is 105 cm³/mol. The summed E-state index contributed by atoms with van der Waals surface area (Å²) in [5.41, 5.74) is 0.843. The number of carbonyl (C=O) groups excluding carboxylic acids is 4. The van der Waals surface area contributed by atoms with Crippen LogP contribution in [0.1, 0.15) is 19.6 Å². The van der Waals surface area contributed by atoms with Crippen molar-refractivity contribution >= 4 is 35.4 Å². The van der Waals surface area contributed by atoms with E-state index in [4.69, 9.17) is 16.0 Å². The van der Waals surface area contributed by atoms with E-state index in [1.54, 1.807) is 38.1 Å². The van der Waals surface area contributed by atoms with Crippen molar-refractivity contribution in [1.82, 2.24) is 14.7 Å². The number of hydrogen-bond donors (Lipinski definition) is 0. The zero-order valence-corrected chi connectivity index (χ0v) is 17.0. The minimum Gasteiger partial charge on any atom is -0.459 e. The number of urea groups is 1. The maximum absolute atomic E-state index is 12.5. The van der Waals surface area contributed by atoms with Crippen LogP contribution >= 0.6 is 11.6 Å². The molecule has 1 saturated heterocycles. The zero-order valence-electron chi connectivity index (χ0n) is 16.2. The molecule has 0 saturated carbocycles. The molecule has 0 atom stereocenters. The van der Waals surface area contributed by atoms with Crippen molar-refractivity contribution in [3.63, 3.8) is 0 Å². The Kier molecular flexibility index (Phi) is 5.74. The van der Waals surface area contributed by atoms with Gasteiger partial charge in [-0.15, -0.1) is 0 Å². The molecule has 152 valence electrons. The van der Waals surface area contributed by atoms with Crippen LogP contribution in [0.25, 0.3) is 11.3 Å². The minimum absolute atomic E-state index is 0.143. The Hall–Kier alpha value is -3.13. The molecule has 9 heteroatoms. The van der Waals surface area contributed by atoms with E-state index in [0.29, 0.717) is 21.4 Å². The van der Waals surface area contributed by atoms with Gasteiger partial charge in [0.25, 0.3) is 0 Å². The highest BCUT2D eigenvalue weighted by molar-refractivity contribution is 6.45. The molecule has 1 aliphatic heterocycles.